The Morgan fingerprint density at radius 3 is 2.81 bits per heavy atom. The van der Waals surface area contributed by atoms with Crippen LogP contribution >= 0.6 is 0 Å². The highest BCUT2D eigenvalue weighted by molar-refractivity contribution is 6.02. The predicted molar refractivity (Wildman–Crippen MR) is 59.8 cm³/mol. The van der Waals surface area contributed by atoms with Crippen molar-refractivity contribution in [1.29, 1.82) is 0 Å². The quantitative estimate of drug-likeness (QED) is 0.773. The molecule has 0 radical (unpaired) electrons. The minimum Gasteiger partial charge on any atom is -0.384 e. The van der Waals surface area contributed by atoms with E-state index in [9.17, 15) is 4.79 Å². The largest absolute Gasteiger partial charge is 0.384 e. The fourth-order valence-corrected chi connectivity index (χ4v) is 1.27. The van der Waals surface area contributed by atoms with Gasteiger partial charge in [-0.1, -0.05) is 0 Å². The number of nitrogens with two attached hydrogens (primary N) is 1. The number of nitrogens with one attached hydrogen (secondary N) is 1. The number of pyridine rings is 1. The Hall–Kier alpha value is -2.37. The lowest BCUT2D eigenvalue weighted by Gasteiger charge is -2.04. The van der Waals surface area contributed by atoms with Crippen molar-refractivity contribution in [3.05, 3.63) is 36.3 Å². The van der Waals surface area contributed by atoms with Crippen LogP contribution in [0.25, 0.3) is 0 Å². The van der Waals surface area contributed by atoms with Crippen molar-refractivity contribution in [2.24, 2.45) is 7.05 Å². The zero-order chi connectivity index (χ0) is 11.5. The van der Waals surface area contributed by atoms with Crippen molar-refractivity contribution in [3.8, 4) is 0 Å². The fourth-order valence-electron chi connectivity index (χ4n) is 1.27. The molecule has 0 bridgehead atoms. The summed E-state index contributed by atoms with van der Waals surface area (Å²) in [7, 11) is 1.70. The smallest absolute Gasteiger partial charge is 0.273 e. The Balaban J connectivity index is 2.14. The van der Waals surface area contributed by atoms with E-state index in [4.69, 9.17) is 5.73 Å². The molecule has 16 heavy (non-hydrogen) atoms. The molecule has 0 fully saturated rings. The van der Waals surface area contributed by atoms with Gasteiger partial charge in [0.25, 0.3) is 5.91 Å². The summed E-state index contributed by atoms with van der Waals surface area (Å²) in [5.74, 6) is 0.185. The Morgan fingerprint density at radius 1 is 1.44 bits per heavy atom. The van der Waals surface area contributed by atoms with Crippen LogP contribution in [0.5, 0.6) is 0 Å². The third-order valence-corrected chi connectivity index (χ3v) is 2.10. The maximum Gasteiger partial charge on any atom is 0.273 e. The number of anilines is 2. The molecule has 6 heteroatoms. The highest BCUT2D eigenvalue weighted by Crippen LogP contribution is 2.08. The van der Waals surface area contributed by atoms with E-state index in [-0.39, 0.29) is 5.91 Å². The van der Waals surface area contributed by atoms with Crippen LogP contribution in [-0.2, 0) is 7.05 Å². The molecular formula is C10H11N5O. The van der Waals surface area contributed by atoms with Crippen molar-refractivity contribution in [1.82, 2.24) is 14.8 Å². The first-order valence-electron chi connectivity index (χ1n) is 4.67. The predicted octanol–water partition coefficient (Wildman–Crippen LogP) is 0.650. The summed E-state index contributed by atoms with van der Waals surface area (Å²) < 4.78 is 1.50. The highest BCUT2D eigenvalue weighted by atomic mass is 16.2. The van der Waals surface area contributed by atoms with Crippen LogP contribution in [0, 0.1) is 0 Å². The Labute approximate surface area is 92.1 Å². The van der Waals surface area contributed by atoms with Crippen LogP contribution in [0.2, 0.25) is 0 Å². The van der Waals surface area contributed by atoms with Crippen LogP contribution in [0.1, 0.15) is 10.5 Å². The maximum absolute atomic E-state index is 11.7. The average Bonchev–Trinajstić information content (AvgIpc) is 2.68. The number of nitrogen functional groups attached to an aromatic ring is 1. The lowest BCUT2D eigenvalue weighted by molar-refractivity contribution is 0.101. The van der Waals surface area contributed by atoms with E-state index in [0.29, 0.717) is 17.2 Å². The normalized spacial score (nSPS) is 10.1. The third kappa shape index (κ3) is 2.00. The van der Waals surface area contributed by atoms with Gasteiger partial charge in [-0.25, -0.2) is 4.98 Å². The lowest BCUT2D eigenvalue weighted by Crippen LogP contribution is -2.16. The van der Waals surface area contributed by atoms with Gasteiger partial charge in [0.05, 0.1) is 11.9 Å². The molecule has 3 N–H and O–H groups in total. The van der Waals surface area contributed by atoms with E-state index >= 15 is 0 Å². The van der Waals surface area contributed by atoms with Crippen molar-refractivity contribution in [2.45, 2.75) is 0 Å². The molecule has 0 aliphatic heterocycles. The van der Waals surface area contributed by atoms with E-state index in [1.54, 1.807) is 31.4 Å². The first kappa shape index (κ1) is 10.2. The summed E-state index contributed by atoms with van der Waals surface area (Å²) in [6, 6.07) is 4.95. The summed E-state index contributed by atoms with van der Waals surface area (Å²) in [4.78, 5) is 15.6. The summed E-state index contributed by atoms with van der Waals surface area (Å²) in [6.45, 7) is 0. The Bertz CT molecular complexity index is 502. The van der Waals surface area contributed by atoms with Crippen LogP contribution in [-0.4, -0.2) is 20.7 Å². The van der Waals surface area contributed by atoms with Crippen molar-refractivity contribution in [2.75, 3.05) is 11.1 Å². The van der Waals surface area contributed by atoms with Gasteiger partial charge >= 0.3 is 0 Å². The van der Waals surface area contributed by atoms with Crippen LogP contribution < -0.4 is 11.1 Å². The van der Waals surface area contributed by atoms with E-state index in [0.717, 1.165) is 0 Å². The number of hydrogen-bond donors (Lipinski definition) is 2. The van der Waals surface area contributed by atoms with E-state index < -0.39 is 0 Å². The van der Waals surface area contributed by atoms with Gasteiger partial charge < -0.3 is 11.1 Å². The molecule has 1 amide bonds. The molecule has 2 aromatic rings. The molecule has 2 aromatic heterocycles. The summed E-state index contributed by atoms with van der Waals surface area (Å²) >= 11 is 0. The second-order valence-corrected chi connectivity index (χ2v) is 3.27. The summed E-state index contributed by atoms with van der Waals surface area (Å²) in [6.07, 6.45) is 3.07. The minimum absolute atomic E-state index is 0.230. The Morgan fingerprint density at radius 2 is 2.25 bits per heavy atom. The molecule has 2 heterocycles. The SMILES string of the molecule is Cn1nccc1C(=O)Nc1ccc(N)nc1. The van der Waals surface area contributed by atoms with Crippen LogP contribution in [0.3, 0.4) is 0 Å². The van der Waals surface area contributed by atoms with Crippen LogP contribution in [0.15, 0.2) is 30.6 Å². The third-order valence-electron chi connectivity index (χ3n) is 2.10. The number of aryl methyl sites for hydroxylation is 1. The van der Waals surface area contributed by atoms with Gasteiger partial charge in [-0.15, -0.1) is 0 Å². The summed E-state index contributed by atoms with van der Waals surface area (Å²) in [5, 5.41) is 6.61. The fraction of sp³-hybridized carbons (Fsp3) is 0.100. The average molecular weight is 217 g/mol. The minimum atomic E-state index is -0.230. The lowest BCUT2D eigenvalue weighted by atomic mass is 10.3. The number of nitrogens with zero attached hydrogens (tertiary/aromatic N) is 3. The monoisotopic (exact) mass is 217 g/mol. The van der Waals surface area contributed by atoms with E-state index in [1.165, 1.54) is 10.9 Å². The molecule has 0 aromatic carbocycles. The molecular weight excluding hydrogens is 206 g/mol. The molecule has 0 saturated carbocycles. The molecule has 2 rings (SSSR count). The number of rotatable bonds is 2. The van der Waals surface area contributed by atoms with E-state index in [2.05, 4.69) is 15.4 Å². The van der Waals surface area contributed by atoms with Gasteiger partial charge in [0.2, 0.25) is 0 Å². The van der Waals surface area contributed by atoms with Crippen molar-refractivity contribution in [3.63, 3.8) is 0 Å². The second-order valence-electron chi connectivity index (χ2n) is 3.27. The topological polar surface area (TPSA) is 85.8 Å². The van der Waals surface area contributed by atoms with Gasteiger partial charge in [0.15, 0.2) is 0 Å². The van der Waals surface area contributed by atoms with Gasteiger partial charge in [-0.3, -0.25) is 9.48 Å². The molecule has 0 atom stereocenters. The zero-order valence-electron chi connectivity index (χ0n) is 8.71. The molecule has 6 nitrogen and oxygen atoms in total. The van der Waals surface area contributed by atoms with Gasteiger partial charge in [0, 0.05) is 13.2 Å². The molecule has 0 spiro atoms. The summed E-state index contributed by atoms with van der Waals surface area (Å²) in [5.41, 5.74) is 6.52. The Kier molecular flexibility index (Phi) is 2.55. The molecule has 0 saturated heterocycles. The van der Waals surface area contributed by atoms with Crippen LogP contribution in [0.4, 0.5) is 11.5 Å². The molecule has 0 unspecified atom stereocenters. The maximum atomic E-state index is 11.7. The molecule has 82 valence electrons. The van der Waals surface area contributed by atoms with Crippen molar-refractivity contribution < 1.29 is 4.79 Å². The van der Waals surface area contributed by atoms with E-state index in [1.807, 2.05) is 0 Å². The second kappa shape index (κ2) is 4.01. The number of carbonyl (C=O) groups is 1. The number of carbonyl (C=O) groups excluding carboxylic acids is 1. The first-order valence-corrected chi connectivity index (χ1v) is 4.67. The first-order chi connectivity index (χ1) is 7.66. The zero-order valence-corrected chi connectivity index (χ0v) is 8.71. The van der Waals surface area contributed by atoms with Gasteiger partial charge in [-0.2, -0.15) is 5.10 Å². The number of aromatic nitrogens is 3. The van der Waals surface area contributed by atoms with Crippen molar-refractivity contribution >= 4 is 17.4 Å². The molecule has 0 aliphatic rings. The number of amides is 1. The van der Waals surface area contributed by atoms with Gasteiger partial charge in [0.1, 0.15) is 11.5 Å². The van der Waals surface area contributed by atoms with Gasteiger partial charge in [-0.05, 0) is 18.2 Å². The standard InChI is InChI=1S/C10H11N5O/c1-15-8(4-5-13-15)10(16)14-7-2-3-9(11)12-6-7/h2-6H,1H3,(H2,11,12)(H,14,16). The number of hydrogen-bond acceptors (Lipinski definition) is 4. The molecule has 0 aliphatic carbocycles. The highest BCUT2D eigenvalue weighted by Gasteiger charge is 2.09.